The summed E-state index contributed by atoms with van der Waals surface area (Å²) in [5, 5.41) is 13.1. The van der Waals surface area contributed by atoms with E-state index in [-0.39, 0.29) is 12.6 Å². The number of rotatable bonds is 7. The normalized spacial score (nSPS) is 12.7. The van der Waals surface area contributed by atoms with Gasteiger partial charge in [-0.25, -0.2) is 0 Å². The standard InChI is InChI=1S/C12H16Cl3NO2/c1-8(16-4-6-18-7-5-17)9-2-3-10(13)12(15)11(9)14/h2-3,8,16-17H,4-7H2,1H3. The zero-order chi connectivity index (χ0) is 13.5. The van der Waals surface area contributed by atoms with Crippen LogP contribution in [0.2, 0.25) is 15.1 Å². The van der Waals surface area contributed by atoms with Crippen LogP contribution in [0.1, 0.15) is 18.5 Å². The van der Waals surface area contributed by atoms with E-state index in [0.29, 0.717) is 34.8 Å². The van der Waals surface area contributed by atoms with Gasteiger partial charge in [0, 0.05) is 12.6 Å². The zero-order valence-electron chi connectivity index (χ0n) is 10.0. The summed E-state index contributed by atoms with van der Waals surface area (Å²) in [6.07, 6.45) is 0. The first-order valence-corrected chi connectivity index (χ1v) is 6.76. The van der Waals surface area contributed by atoms with Crippen molar-refractivity contribution in [1.82, 2.24) is 5.32 Å². The molecule has 0 saturated heterocycles. The molecule has 0 heterocycles. The van der Waals surface area contributed by atoms with Crippen LogP contribution in [-0.2, 0) is 4.74 Å². The van der Waals surface area contributed by atoms with Gasteiger partial charge in [-0.15, -0.1) is 0 Å². The van der Waals surface area contributed by atoms with Crippen molar-refractivity contribution in [3.63, 3.8) is 0 Å². The molecule has 0 fully saturated rings. The maximum absolute atomic E-state index is 8.56. The summed E-state index contributed by atoms with van der Waals surface area (Å²) in [6.45, 7) is 3.57. The molecule has 1 rings (SSSR count). The molecule has 0 amide bonds. The molecule has 0 saturated carbocycles. The van der Waals surface area contributed by atoms with Crippen molar-refractivity contribution < 1.29 is 9.84 Å². The van der Waals surface area contributed by atoms with Gasteiger partial charge in [-0.05, 0) is 18.6 Å². The zero-order valence-corrected chi connectivity index (χ0v) is 12.3. The van der Waals surface area contributed by atoms with Crippen molar-refractivity contribution in [3.8, 4) is 0 Å². The molecular weight excluding hydrogens is 296 g/mol. The van der Waals surface area contributed by atoms with E-state index in [4.69, 9.17) is 44.6 Å². The third-order valence-corrected chi connectivity index (χ3v) is 3.77. The average Bonchev–Trinajstić information content (AvgIpc) is 2.35. The minimum atomic E-state index is 0.0359. The molecule has 0 aromatic heterocycles. The number of ether oxygens (including phenoxy) is 1. The number of halogens is 3. The molecule has 0 radical (unpaired) electrons. The molecule has 0 aliphatic carbocycles. The fourth-order valence-corrected chi connectivity index (χ4v) is 2.21. The number of hydrogen-bond donors (Lipinski definition) is 2. The Balaban J connectivity index is 2.51. The van der Waals surface area contributed by atoms with Gasteiger partial charge in [0.25, 0.3) is 0 Å². The number of aliphatic hydroxyl groups excluding tert-OH is 1. The summed E-state index contributed by atoms with van der Waals surface area (Å²) in [7, 11) is 0. The molecule has 102 valence electrons. The minimum absolute atomic E-state index is 0.0359. The van der Waals surface area contributed by atoms with Crippen LogP contribution in [-0.4, -0.2) is 31.5 Å². The van der Waals surface area contributed by atoms with Crippen LogP contribution in [0.15, 0.2) is 12.1 Å². The van der Waals surface area contributed by atoms with Gasteiger partial charge in [0.15, 0.2) is 0 Å². The number of hydrogen-bond acceptors (Lipinski definition) is 3. The molecule has 1 aromatic rings. The van der Waals surface area contributed by atoms with Crippen molar-refractivity contribution in [3.05, 3.63) is 32.8 Å². The molecule has 0 aliphatic heterocycles. The van der Waals surface area contributed by atoms with Crippen LogP contribution >= 0.6 is 34.8 Å². The van der Waals surface area contributed by atoms with Gasteiger partial charge in [0.2, 0.25) is 0 Å². The molecule has 3 nitrogen and oxygen atoms in total. The van der Waals surface area contributed by atoms with E-state index in [0.717, 1.165) is 5.56 Å². The SMILES string of the molecule is CC(NCCOCCO)c1ccc(Cl)c(Cl)c1Cl. The molecule has 1 aromatic carbocycles. The second-order valence-electron chi connectivity index (χ2n) is 3.78. The molecule has 18 heavy (non-hydrogen) atoms. The van der Waals surface area contributed by atoms with Crippen LogP contribution in [0.5, 0.6) is 0 Å². The first-order chi connectivity index (χ1) is 8.57. The Bertz CT molecular complexity index is 388. The lowest BCUT2D eigenvalue weighted by Crippen LogP contribution is -2.24. The monoisotopic (exact) mass is 311 g/mol. The van der Waals surface area contributed by atoms with Gasteiger partial charge in [0.1, 0.15) is 0 Å². The smallest absolute Gasteiger partial charge is 0.0781 e. The van der Waals surface area contributed by atoms with E-state index in [1.165, 1.54) is 0 Å². The number of nitrogens with one attached hydrogen (secondary N) is 1. The lowest BCUT2D eigenvalue weighted by Gasteiger charge is -2.16. The Morgan fingerprint density at radius 1 is 1.22 bits per heavy atom. The largest absolute Gasteiger partial charge is 0.394 e. The van der Waals surface area contributed by atoms with Gasteiger partial charge in [-0.3, -0.25) is 0 Å². The minimum Gasteiger partial charge on any atom is -0.394 e. The van der Waals surface area contributed by atoms with Crippen LogP contribution in [0.3, 0.4) is 0 Å². The van der Waals surface area contributed by atoms with E-state index < -0.39 is 0 Å². The summed E-state index contributed by atoms with van der Waals surface area (Å²) in [5.74, 6) is 0. The van der Waals surface area contributed by atoms with Crippen LogP contribution < -0.4 is 5.32 Å². The lowest BCUT2D eigenvalue weighted by atomic mass is 10.1. The summed E-state index contributed by atoms with van der Waals surface area (Å²) >= 11 is 18.0. The average molecular weight is 313 g/mol. The summed E-state index contributed by atoms with van der Waals surface area (Å²) in [4.78, 5) is 0. The summed E-state index contributed by atoms with van der Waals surface area (Å²) < 4.78 is 5.15. The molecule has 1 unspecified atom stereocenters. The highest BCUT2D eigenvalue weighted by Crippen LogP contribution is 2.35. The number of aliphatic hydroxyl groups is 1. The van der Waals surface area contributed by atoms with Gasteiger partial charge in [-0.2, -0.15) is 0 Å². The molecule has 0 aliphatic rings. The summed E-state index contributed by atoms with van der Waals surface area (Å²) in [6, 6.07) is 3.62. The Kier molecular flexibility index (Phi) is 7.30. The molecule has 2 N–H and O–H groups in total. The van der Waals surface area contributed by atoms with Crippen LogP contribution in [0.25, 0.3) is 0 Å². The quantitative estimate of drug-likeness (QED) is 0.599. The van der Waals surface area contributed by atoms with Crippen LogP contribution in [0.4, 0.5) is 0 Å². The third kappa shape index (κ3) is 4.57. The topological polar surface area (TPSA) is 41.5 Å². The van der Waals surface area contributed by atoms with Crippen molar-refractivity contribution >= 4 is 34.8 Å². The fraction of sp³-hybridized carbons (Fsp3) is 0.500. The molecule has 0 spiro atoms. The van der Waals surface area contributed by atoms with Crippen molar-refractivity contribution in [1.29, 1.82) is 0 Å². The molecular formula is C12H16Cl3NO2. The number of benzene rings is 1. The highest BCUT2D eigenvalue weighted by molar-refractivity contribution is 6.48. The predicted molar refractivity (Wildman–Crippen MR) is 75.8 cm³/mol. The predicted octanol–water partition coefficient (Wildman–Crippen LogP) is 3.31. The van der Waals surface area contributed by atoms with E-state index in [1.807, 2.05) is 13.0 Å². The maximum atomic E-state index is 8.56. The maximum Gasteiger partial charge on any atom is 0.0781 e. The highest BCUT2D eigenvalue weighted by Gasteiger charge is 2.13. The Morgan fingerprint density at radius 3 is 2.61 bits per heavy atom. The second-order valence-corrected chi connectivity index (χ2v) is 4.94. The van der Waals surface area contributed by atoms with E-state index in [2.05, 4.69) is 5.32 Å². The van der Waals surface area contributed by atoms with E-state index in [1.54, 1.807) is 6.07 Å². The van der Waals surface area contributed by atoms with E-state index >= 15 is 0 Å². The Labute approximate surface area is 122 Å². The van der Waals surface area contributed by atoms with Crippen molar-refractivity contribution in [2.24, 2.45) is 0 Å². The Morgan fingerprint density at radius 2 is 1.94 bits per heavy atom. The van der Waals surface area contributed by atoms with E-state index in [9.17, 15) is 0 Å². The molecule has 1 atom stereocenters. The summed E-state index contributed by atoms with van der Waals surface area (Å²) in [5.41, 5.74) is 0.897. The van der Waals surface area contributed by atoms with Gasteiger partial charge < -0.3 is 15.2 Å². The van der Waals surface area contributed by atoms with Crippen LogP contribution in [0, 0.1) is 0 Å². The third-order valence-electron chi connectivity index (χ3n) is 2.46. The van der Waals surface area contributed by atoms with Gasteiger partial charge in [0.05, 0.1) is 34.9 Å². The Hall–Kier alpha value is -0.0300. The van der Waals surface area contributed by atoms with Gasteiger partial charge >= 0.3 is 0 Å². The van der Waals surface area contributed by atoms with Crippen molar-refractivity contribution in [2.75, 3.05) is 26.4 Å². The first-order valence-electron chi connectivity index (χ1n) is 5.63. The fourth-order valence-electron chi connectivity index (χ4n) is 1.50. The van der Waals surface area contributed by atoms with Crippen molar-refractivity contribution in [2.45, 2.75) is 13.0 Å². The van der Waals surface area contributed by atoms with Gasteiger partial charge in [-0.1, -0.05) is 40.9 Å². The molecule has 6 heteroatoms. The highest BCUT2D eigenvalue weighted by atomic mass is 35.5. The first kappa shape index (κ1) is 16.0. The lowest BCUT2D eigenvalue weighted by molar-refractivity contribution is 0.0928. The second kappa shape index (κ2) is 8.20. The molecule has 0 bridgehead atoms.